The van der Waals surface area contributed by atoms with Crippen molar-refractivity contribution in [2.24, 2.45) is 5.41 Å². The van der Waals surface area contributed by atoms with Gasteiger partial charge in [-0.05, 0) is 49.9 Å². The third-order valence-corrected chi connectivity index (χ3v) is 4.51. The summed E-state index contributed by atoms with van der Waals surface area (Å²) in [5.41, 5.74) is 1.89. The molecule has 0 unspecified atom stereocenters. The molecule has 0 saturated carbocycles. The number of hydrogen-bond donors (Lipinski definition) is 1. The molecule has 0 atom stereocenters. The van der Waals surface area contributed by atoms with Crippen LogP contribution in [0, 0.1) is 5.41 Å². The summed E-state index contributed by atoms with van der Waals surface area (Å²) in [7, 11) is 0. The van der Waals surface area contributed by atoms with E-state index in [-0.39, 0.29) is 0 Å². The van der Waals surface area contributed by atoms with Crippen LogP contribution in [0.4, 0.5) is 5.82 Å². The van der Waals surface area contributed by atoms with Crippen LogP contribution >= 0.6 is 0 Å². The van der Waals surface area contributed by atoms with Crippen LogP contribution in [0.2, 0.25) is 0 Å². The maximum atomic E-state index is 4.44. The molecule has 2 heterocycles. The Morgan fingerprint density at radius 3 is 2.53 bits per heavy atom. The zero-order chi connectivity index (χ0) is 13.7. The molecule has 0 amide bonds. The fourth-order valence-corrected chi connectivity index (χ4v) is 2.67. The number of rotatable bonds is 5. The quantitative estimate of drug-likeness (QED) is 0.879. The molecule has 1 fully saturated rings. The van der Waals surface area contributed by atoms with E-state index in [1.165, 1.54) is 37.9 Å². The second-order valence-electron chi connectivity index (χ2n) is 6.02. The highest BCUT2D eigenvalue weighted by Crippen LogP contribution is 2.34. The number of anilines is 1. The fourth-order valence-electron chi connectivity index (χ4n) is 2.67. The largest absolute Gasteiger partial charge is 0.370 e. The van der Waals surface area contributed by atoms with E-state index in [2.05, 4.69) is 48.1 Å². The molecule has 1 aromatic rings. The van der Waals surface area contributed by atoms with E-state index in [4.69, 9.17) is 0 Å². The van der Waals surface area contributed by atoms with Gasteiger partial charge in [0.25, 0.3) is 0 Å². The molecular weight excluding hydrogens is 234 g/mol. The summed E-state index contributed by atoms with van der Waals surface area (Å²) in [5.74, 6) is 0.975. The van der Waals surface area contributed by atoms with Gasteiger partial charge in [0.2, 0.25) is 0 Å². The molecule has 0 radical (unpaired) electrons. The maximum Gasteiger partial charge on any atom is 0.125 e. The van der Waals surface area contributed by atoms with Crippen LogP contribution in [-0.4, -0.2) is 29.5 Å². The summed E-state index contributed by atoms with van der Waals surface area (Å²) in [5, 5.41) is 3.23. The third-order valence-electron chi connectivity index (χ3n) is 4.51. The predicted molar refractivity (Wildman–Crippen MR) is 81.3 cm³/mol. The SMILES string of the molecule is CCNc1ccc(CN2CCC(C)(CC)CC2)cn1. The first kappa shape index (κ1) is 14.3. The standard InChI is InChI=1S/C16H27N3/c1-4-16(3)8-10-19(11-9-16)13-14-6-7-15(17-5-2)18-12-14/h6-7,12H,4-5,8-11,13H2,1-3H3,(H,17,18). The van der Waals surface area contributed by atoms with Gasteiger partial charge in [-0.15, -0.1) is 0 Å². The molecule has 0 aliphatic carbocycles. The molecule has 0 spiro atoms. The Kier molecular flexibility index (Phi) is 4.81. The molecule has 19 heavy (non-hydrogen) atoms. The molecule has 3 nitrogen and oxygen atoms in total. The average Bonchev–Trinajstić information content (AvgIpc) is 2.44. The minimum Gasteiger partial charge on any atom is -0.370 e. The van der Waals surface area contributed by atoms with E-state index < -0.39 is 0 Å². The molecule has 1 aliphatic heterocycles. The molecule has 0 bridgehead atoms. The molecular formula is C16H27N3. The first-order chi connectivity index (χ1) is 9.15. The monoisotopic (exact) mass is 261 g/mol. The number of piperidine rings is 1. The molecule has 2 rings (SSSR count). The van der Waals surface area contributed by atoms with Crippen molar-refractivity contribution in [3.05, 3.63) is 23.9 Å². The highest BCUT2D eigenvalue weighted by atomic mass is 15.1. The van der Waals surface area contributed by atoms with E-state index in [0.717, 1.165) is 18.9 Å². The van der Waals surface area contributed by atoms with Gasteiger partial charge in [-0.1, -0.05) is 26.3 Å². The minimum atomic E-state index is 0.573. The maximum absolute atomic E-state index is 4.44. The van der Waals surface area contributed by atoms with Crippen molar-refractivity contribution < 1.29 is 0 Å². The molecule has 1 N–H and O–H groups in total. The van der Waals surface area contributed by atoms with Gasteiger partial charge in [-0.2, -0.15) is 0 Å². The Morgan fingerprint density at radius 2 is 2.00 bits per heavy atom. The first-order valence-corrected chi connectivity index (χ1v) is 7.56. The van der Waals surface area contributed by atoms with Gasteiger partial charge in [0.1, 0.15) is 5.82 Å². The first-order valence-electron chi connectivity index (χ1n) is 7.56. The van der Waals surface area contributed by atoms with Crippen molar-refractivity contribution in [3.8, 4) is 0 Å². The van der Waals surface area contributed by atoms with Gasteiger partial charge in [-0.25, -0.2) is 4.98 Å². The molecule has 1 aliphatic rings. The second-order valence-corrected chi connectivity index (χ2v) is 6.02. The van der Waals surface area contributed by atoms with Crippen LogP contribution in [0.1, 0.15) is 45.6 Å². The van der Waals surface area contributed by atoms with Gasteiger partial charge < -0.3 is 5.32 Å². The van der Waals surface area contributed by atoms with Gasteiger partial charge in [0.05, 0.1) is 0 Å². The van der Waals surface area contributed by atoms with Crippen molar-refractivity contribution in [1.82, 2.24) is 9.88 Å². The van der Waals surface area contributed by atoms with Crippen LogP contribution in [0.5, 0.6) is 0 Å². The van der Waals surface area contributed by atoms with Gasteiger partial charge in [0, 0.05) is 19.3 Å². The van der Waals surface area contributed by atoms with Crippen molar-refractivity contribution in [2.45, 2.75) is 46.6 Å². The Bertz CT molecular complexity index is 377. The normalized spacial score (nSPS) is 19.3. The highest BCUT2D eigenvalue weighted by molar-refractivity contribution is 5.35. The lowest BCUT2D eigenvalue weighted by Crippen LogP contribution is -2.37. The van der Waals surface area contributed by atoms with Crippen LogP contribution in [0.3, 0.4) is 0 Å². The third kappa shape index (κ3) is 3.93. The Hall–Kier alpha value is -1.09. The second kappa shape index (κ2) is 6.38. The highest BCUT2D eigenvalue weighted by Gasteiger charge is 2.27. The van der Waals surface area contributed by atoms with Crippen LogP contribution < -0.4 is 5.32 Å². The van der Waals surface area contributed by atoms with Crippen molar-refractivity contribution in [1.29, 1.82) is 0 Å². The predicted octanol–water partition coefficient (Wildman–Crippen LogP) is 3.53. The lowest BCUT2D eigenvalue weighted by molar-refractivity contribution is 0.109. The molecule has 106 valence electrons. The van der Waals surface area contributed by atoms with Crippen LogP contribution in [0.15, 0.2) is 18.3 Å². The van der Waals surface area contributed by atoms with E-state index in [0.29, 0.717) is 5.41 Å². The van der Waals surface area contributed by atoms with Gasteiger partial charge in [0.15, 0.2) is 0 Å². The van der Waals surface area contributed by atoms with Gasteiger partial charge in [-0.3, -0.25) is 4.90 Å². The lowest BCUT2D eigenvalue weighted by atomic mass is 9.78. The summed E-state index contributed by atoms with van der Waals surface area (Å²) in [6.45, 7) is 11.2. The zero-order valence-electron chi connectivity index (χ0n) is 12.6. The topological polar surface area (TPSA) is 28.2 Å². The Balaban J connectivity index is 1.85. The molecule has 0 aromatic carbocycles. The molecule has 3 heteroatoms. The number of pyridine rings is 1. The number of aromatic nitrogens is 1. The summed E-state index contributed by atoms with van der Waals surface area (Å²) in [4.78, 5) is 7.00. The smallest absolute Gasteiger partial charge is 0.125 e. The Labute approximate surface area is 117 Å². The van der Waals surface area contributed by atoms with Crippen molar-refractivity contribution in [3.63, 3.8) is 0 Å². The number of nitrogens with zero attached hydrogens (tertiary/aromatic N) is 2. The van der Waals surface area contributed by atoms with Crippen molar-refractivity contribution in [2.75, 3.05) is 25.0 Å². The van der Waals surface area contributed by atoms with Crippen molar-refractivity contribution >= 4 is 5.82 Å². The van der Waals surface area contributed by atoms with E-state index in [9.17, 15) is 0 Å². The minimum absolute atomic E-state index is 0.573. The fraction of sp³-hybridized carbons (Fsp3) is 0.688. The molecule has 1 saturated heterocycles. The lowest BCUT2D eigenvalue weighted by Gasteiger charge is -2.38. The van der Waals surface area contributed by atoms with E-state index in [1.807, 2.05) is 6.20 Å². The summed E-state index contributed by atoms with van der Waals surface area (Å²) < 4.78 is 0. The summed E-state index contributed by atoms with van der Waals surface area (Å²) in [6, 6.07) is 4.28. The van der Waals surface area contributed by atoms with E-state index >= 15 is 0 Å². The van der Waals surface area contributed by atoms with Crippen LogP contribution in [-0.2, 0) is 6.54 Å². The number of hydrogen-bond acceptors (Lipinski definition) is 3. The summed E-state index contributed by atoms with van der Waals surface area (Å²) in [6.07, 6.45) is 5.96. The van der Waals surface area contributed by atoms with Crippen LogP contribution in [0.25, 0.3) is 0 Å². The number of nitrogens with one attached hydrogen (secondary N) is 1. The average molecular weight is 261 g/mol. The van der Waals surface area contributed by atoms with Gasteiger partial charge >= 0.3 is 0 Å². The number of likely N-dealkylation sites (tertiary alicyclic amines) is 1. The zero-order valence-corrected chi connectivity index (χ0v) is 12.6. The Morgan fingerprint density at radius 1 is 1.26 bits per heavy atom. The molecule has 1 aromatic heterocycles. The van der Waals surface area contributed by atoms with E-state index in [1.54, 1.807) is 0 Å². The summed E-state index contributed by atoms with van der Waals surface area (Å²) >= 11 is 0.